The van der Waals surface area contributed by atoms with Crippen molar-refractivity contribution in [2.45, 2.75) is 0 Å². The van der Waals surface area contributed by atoms with Crippen LogP contribution in [0.2, 0.25) is 0 Å². The summed E-state index contributed by atoms with van der Waals surface area (Å²) in [6.45, 7) is 0. The summed E-state index contributed by atoms with van der Waals surface area (Å²) in [7, 11) is 0. The molecular weight excluding hydrogens is 675 g/mol. The number of pyridine rings is 2. The van der Waals surface area contributed by atoms with E-state index in [4.69, 9.17) is 15.2 Å². The fraction of sp³-hybridized carbons (Fsp3) is 0. The summed E-state index contributed by atoms with van der Waals surface area (Å²) in [5.74, 6) is 2.36. The molecule has 0 fully saturated rings. The first-order valence-electron chi connectivity index (χ1n) is 18.3. The van der Waals surface area contributed by atoms with Gasteiger partial charge >= 0.3 is 0 Å². The molecule has 0 N–H and O–H groups in total. The third-order valence-electron chi connectivity index (χ3n) is 10.5. The molecule has 55 heavy (non-hydrogen) atoms. The normalized spacial score (nSPS) is 11.6. The third kappa shape index (κ3) is 4.91. The molecule has 0 unspecified atom stereocenters. The summed E-state index contributed by atoms with van der Waals surface area (Å²) < 4.78 is 6.77. The number of rotatable bonds is 6. The van der Waals surface area contributed by atoms with E-state index >= 15 is 0 Å². The van der Waals surface area contributed by atoms with Crippen LogP contribution in [0, 0.1) is 0 Å². The molecular formula is C48H31N7. The topological polar surface area (TPSA) is 66.3 Å². The third-order valence-corrected chi connectivity index (χ3v) is 10.5. The van der Waals surface area contributed by atoms with Gasteiger partial charge < -0.3 is 4.57 Å². The molecule has 7 nitrogen and oxygen atoms in total. The highest BCUT2D eigenvalue weighted by atomic mass is 15.3. The minimum Gasteiger partial charge on any atom is -0.309 e. The monoisotopic (exact) mass is 705 g/mol. The highest BCUT2D eigenvalue weighted by molar-refractivity contribution is 6.15. The van der Waals surface area contributed by atoms with Crippen LogP contribution in [0.15, 0.2) is 188 Å². The van der Waals surface area contributed by atoms with E-state index in [9.17, 15) is 0 Å². The van der Waals surface area contributed by atoms with Gasteiger partial charge in [-0.3, -0.25) is 14.1 Å². The lowest BCUT2D eigenvalue weighted by Gasteiger charge is -2.13. The molecule has 6 aromatic carbocycles. The van der Waals surface area contributed by atoms with E-state index < -0.39 is 0 Å². The number of para-hydroxylation sites is 4. The Morgan fingerprint density at radius 3 is 1.84 bits per heavy atom. The zero-order chi connectivity index (χ0) is 36.3. The molecule has 0 aliphatic carbocycles. The Morgan fingerprint density at radius 2 is 1.05 bits per heavy atom. The van der Waals surface area contributed by atoms with Crippen LogP contribution in [-0.4, -0.2) is 33.9 Å². The Labute approximate surface area is 316 Å². The van der Waals surface area contributed by atoms with Crippen molar-refractivity contribution in [2.75, 3.05) is 0 Å². The fourth-order valence-electron chi connectivity index (χ4n) is 8.11. The van der Waals surface area contributed by atoms with Crippen molar-refractivity contribution in [1.82, 2.24) is 33.9 Å². The fourth-order valence-corrected chi connectivity index (χ4v) is 8.11. The Bertz CT molecular complexity index is 3200. The van der Waals surface area contributed by atoms with Crippen molar-refractivity contribution in [2.24, 2.45) is 0 Å². The number of hydrogen-bond donors (Lipinski definition) is 0. The Balaban J connectivity index is 1.14. The van der Waals surface area contributed by atoms with Gasteiger partial charge in [0.05, 0.1) is 27.8 Å². The van der Waals surface area contributed by atoms with Gasteiger partial charge in [-0.1, -0.05) is 91.0 Å². The van der Waals surface area contributed by atoms with Gasteiger partial charge in [0.25, 0.3) is 0 Å². The second kappa shape index (κ2) is 12.5. The van der Waals surface area contributed by atoms with E-state index in [1.807, 2.05) is 30.5 Å². The van der Waals surface area contributed by atoms with Crippen LogP contribution >= 0.6 is 0 Å². The Hall–Kier alpha value is -7.64. The van der Waals surface area contributed by atoms with Gasteiger partial charge in [0.15, 0.2) is 11.6 Å². The summed E-state index contributed by atoms with van der Waals surface area (Å²) in [5.41, 5.74) is 10.3. The minimum atomic E-state index is 0.763. The summed E-state index contributed by atoms with van der Waals surface area (Å²) in [6, 6.07) is 61.2. The predicted molar refractivity (Wildman–Crippen MR) is 222 cm³/mol. The Kier molecular flexibility index (Phi) is 7.03. The minimum absolute atomic E-state index is 0.763. The average molecular weight is 706 g/mol. The van der Waals surface area contributed by atoms with Gasteiger partial charge in [-0.15, -0.1) is 10.2 Å². The second-order valence-corrected chi connectivity index (χ2v) is 13.6. The number of hydrogen-bond acceptors (Lipinski definition) is 4. The van der Waals surface area contributed by atoms with E-state index in [0.29, 0.717) is 0 Å². The van der Waals surface area contributed by atoms with Gasteiger partial charge in [-0.05, 0) is 84.9 Å². The van der Waals surface area contributed by atoms with Crippen LogP contribution < -0.4 is 0 Å². The summed E-state index contributed by atoms with van der Waals surface area (Å²) >= 11 is 0. The van der Waals surface area contributed by atoms with Crippen LogP contribution in [0.25, 0.3) is 94.8 Å². The molecule has 258 valence electrons. The molecule has 5 heterocycles. The van der Waals surface area contributed by atoms with Crippen LogP contribution in [-0.2, 0) is 0 Å². The number of aromatic nitrogens is 7. The van der Waals surface area contributed by atoms with Gasteiger partial charge in [0, 0.05) is 62.0 Å². The van der Waals surface area contributed by atoms with Crippen molar-refractivity contribution in [3.05, 3.63) is 188 Å². The van der Waals surface area contributed by atoms with Gasteiger partial charge in [-0.2, -0.15) is 0 Å². The molecule has 0 saturated heterocycles. The van der Waals surface area contributed by atoms with E-state index in [2.05, 4.69) is 170 Å². The van der Waals surface area contributed by atoms with Crippen LogP contribution in [0.1, 0.15) is 0 Å². The van der Waals surface area contributed by atoms with Crippen molar-refractivity contribution in [3.8, 4) is 51.2 Å². The van der Waals surface area contributed by atoms with E-state index in [1.165, 1.54) is 5.39 Å². The van der Waals surface area contributed by atoms with Crippen LogP contribution in [0.5, 0.6) is 0 Å². The largest absolute Gasteiger partial charge is 0.309 e. The van der Waals surface area contributed by atoms with E-state index in [-0.39, 0.29) is 0 Å². The maximum Gasteiger partial charge on any atom is 0.169 e. The molecule has 0 aliphatic rings. The lowest BCUT2D eigenvalue weighted by Crippen LogP contribution is -2.01. The molecule has 0 atom stereocenters. The molecule has 0 radical (unpaired) electrons. The molecule has 5 aromatic heterocycles. The molecule has 0 bridgehead atoms. The highest BCUT2D eigenvalue weighted by Crippen LogP contribution is 2.41. The first kappa shape index (κ1) is 30.9. The SMILES string of the molecule is c1ccc(-n2c(-c3ccc4c(c3)c3ccccc3n4-c3ccccc3)nnc2-c2cccc3c2c2ccccc2n3-c2cccc(-c3cccnc3)n2)cc1. The lowest BCUT2D eigenvalue weighted by molar-refractivity contribution is 1.07. The van der Waals surface area contributed by atoms with Gasteiger partial charge in [0.2, 0.25) is 0 Å². The maximum atomic E-state index is 5.15. The molecule has 11 aromatic rings. The van der Waals surface area contributed by atoms with E-state index in [1.54, 1.807) is 6.20 Å². The number of fused-ring (bicyclic) bond motifs is 6. The van der Waals surface area contributed by atoms with Gasteiger partial charge in [-0.25, -0.2) is 4.98 Å². The zero-order valence-electron chi connectivity index (χ0n) is 29.5. The first-order valence-corrected chi connectivity index (χ1v) is 18.3. The molecule has 11 rings (SSSR count). The summed E-state index contributed by atoms with van der Waals surface area (Å²) in [5, 5.41) is 14.5. The number of benzene rings is 6. The van der Waals surface area contributed by atoms with Crippen LogP contribution in [0.3, 0.4) is 0 Å². The number of nitrogens with zero attached hydrogens (tertiary/aromatic N) is 7. The molecule has 0 spiro atoms. The summed E-state index contributed by atoms with van der Waals surface area (Å²) in [4.78, 5) is 9.49. The van der Waals surface area contributed by atoms with Crippen LogP contribution in [0.4, 0.5) is 0 Å². The molecule has 7 heteroatoms. The smallest absolute Gasteiger partial charge is 0.169 e. The molecule has 0 aliphatic heterocycles. The summed E-state index contributed by atoms with van der Waals surface area (Å²) in [6.07, 6.45) is 3.63. The second-order valence-electron chi connectivity index (χ2n) is 13.6. The quantitative estimate of drug-likeness (QED) is 0.173. The lowest BCUT2D eigenvalue weighted by atomic mass is 10.0. The van der Waals surface area contributed by atoms with Crippen molar-refractivity contribution in [3.63, 3.8) is 0 Å². The zero-order valence-corrected chi connectivity index (χ0v) is 29.5. The average Bonchev–Trinajstić information content (AvgIpc) is 3.95. The van der Waals surface area contributed by atoms with Gasteiger partial charge in [0.1, 0.15) is 5.82 Å². The molecule has 0 saturated carbocycles. The predicted octanol–water partition coefficient (Wildman–Crippen LogP) is 11.3. The highest BCUT2D eigenvalue weighted by Gasteiger charge is 2.24. The maximum absolute atomic E-state index is 5.15. The standard InChI is InChI=1S/C48H31N7/c1-3-15-34(16-4-1)53-41-23-9-7-19-36(41)39-30-32(27-28-43(39)53)47-51-52-48(54(47)35-17-5-2-6-18-35)38-21-11-25-44-46(38)37-20-8-10-24-42(37)55(44)45-26-12-22-40(50-45)33-14-13-29-49-31-33/h1-31H. The van der Waals surface area contributed by atoms with Crippen molar-refractivity contribution < 1.29 is 0 Å². The molecule has 0 amide bonds. The van der Waals surface area contributed by atoms with Crippen molar-refractivity contribution >= 4 is 43.6 Å². The van der Waals surface area contributed by atoms with Crippen molar-refractivity contribution in [1.29, 1.82) is 0 Å². The first-order chi connectivity index (χ1) is 27.3. The van der Waals surface area contributed by atoms with E-state index in [0.717, 1.165) is 89.5 Å². The Morgan fingerprint density at radius 1 is 0.400 bits per heavy atom.